The van der Waals surface area contributed by atoms with Gasteiger partial charge < -0.3 is 14.2 Å². The highest BCUT2D eigenvalue weighted by atomic mass is 16.6. The predicted octanol–water partition coefficient (Wildman–Crippen LogP) is 5.43. The molecule has 0 N–H and O–H groups in total. The molecule has 0 aliphatic rings. The smallest absolute Gasteiger partial charge is 0.347 e. The van der Waals surface area contributed by atoms with E-state index in [4.69, 9.17) is 14.2 Å². The molecule has 0 bridgehead atoms. The maximum Gasteiger partial charge on any atom is 0.347 e. The second-order valence-electron chi connectivity index (χ2n) is 5.84. The lowest BCUT2D eigenvalue weighted by Gasteiger charge is -2.13. The molecule has 2 aromatic rings. The van der Waals surface area contributed by atoms with E-state index < -0.39 is 5.97 Å². The highest BCUT2D eigenvalue weighted by Crippen LogP contribution is 2.28. The zero-order chi connectivity index (χ0) is 18.6. The molecule has 2 rings (SSSR count). The van der Waals surface area contributed by atoms with Crippen molar-refractivity contribution >= 4 is 5.97 Å². The number of rotatable bonds is 11. The van der Waals surface area contributed by atoms with Crippen LogP contribution >= 0.6 is 0 Å². The van der Waals surface area contributed by atoms with Crippen LogP contribution < -0.4 is 14.2 Å². The van der Waals surface area contributed by atoms with Gasteiger partial charge in [-0.3, -0.25) is 0 Å². The molecular formula is C22H26O4. The van der Waals surface area contributed by atoms with Crippen LogP contribution in [0.15, 0.2) is 61.2 Å². The lowest BCUT2D eigenvalue weighted by atomic mass is 10.2. The van der Waals surface area contributed by atoms with Crippen molar-refractivity contribution in [3.8, 4) is 17.2 Å². The van der Waals surface area contributed by atoms with Gasteiger partial charge in [0.15, 0.2) is 11.5 Å². The largest absolute Gasteiger partial charge is 0.493 e. The van der Waals surface area contributed by atoms with E-state index in [2.05, 4.69) is 13.5 Å². The first-order chi connectivity index (χ1) is 12.8. The summed E-state index contributed by atoms with van der Waals surface area (Å²) < 4.78 is 16.9. The van der Waals surface area contributed by atoms with E-state index in [-0.39, 0.29) is 0 Å². The van der Waals surface area contributed by atoms with E-state index in [9.17, 15) is 4.79 Å². The van der Waals surface area contributed by atoms with Crippen molar-refractivity contribution in [3.63, 3.8) is 0 Å². The molecule has 0 unspecified atom stereocenters. The average Bonchev–Trinajstić information content (AvgIpc) is 2.67. The molecule has 0 atom stereocenters. The third-order valence-electron chi connectivity index (χ3n) is 3.77. The van der Waals surface area contributed by atoms with E-state index in [1.807, 2.05) is 12.1 Å². The summed E-state index contributed by atoms with van der Waals surface area (Å²) in [6.07, 6.45) is 6.09. The van der Waals surface area contributed by atoms with Crippen LogP contribution in [0.5, 0.6) is 17.2 Å². The number of hydrogen-bond acceptors (Lipinski definition) is 4. The first kappa shape index (κ1) is 19.6. The summed E-state index contributed by atoms with van der Waals surface area (Å²) in [6, 6.07) is 14.2. The number of esters is 1. The van der Waals surface area contributed by atoms with Crippen LogP contribution in [0.4, 0.5) is 0 Å². The number of carbonyl (C=O) groups excluding carboxylic acids is 1. The standard InChI is InChI=1S/C22H26O4/c1-3-5-6-11-17-25-19-13-8-7-12-18(19)22(23)26-21-15-10-9-14-20(21)24-16-4-2/h4,7-10,12-15H,2-3,5-6,11,16-17H2,1H3. The fourth-order valence-corrected chi connectivity index (χ4v) is 2.43. The molecule has 0 aromatic heterocycles. The Labute approximate surface area is 155 Å². The molecule has 0 saturated carbocycles. The zero-order valence-electron chi connectivity index (χ0n) is 15.3. The van der Waals surface area contributed by atoms with Gasteiger partial charge in [0.05, 0.1) is 6.61 Å². The van der Waals surface area contributed by atoms with Gasteiger partial charge in [0.25, 0.3) is 0 Å². The van der Waals surface area contributed by atoms with E-state index in [1.165, 1.54) is 12.8 Å². The maximum atomic E-state index is 12.6. The first-order valence-corrected chi connectivity index (χ1v) is 9.03. The number of ether oxygens (including phenoxy) is 3. The second-order valence-corrected chi connectivity index (χ2v) is 5.84. The topological polar surface area (TPSA) is 44.8 Å². The van der Waals surface area contributed by atoms with E-state index >= 15 is 0 Å². The minimum absolute atomic E-state index is 0.339. The summed E-state index contributed by atoms with van der Waals surface area (Å²) in [6.45, 7) is 6.72. The van der Waals surface area contributed by atoms with E-state index in [1.54, 1.807) is 42.5 Å². The Balaban J connectivity index is 2.04. The number of hydrogen-bond donors (Lipinski definition) is 0. The third-order valence-corrected chi connectivity index (χ3v) is 3.77. The normalized spacial score (nSPS) is 10.2. The molecule has 0 fully saturated rings. The quantitative estimate of drug-likeness (QED) is 0.234. The molecular weight excluding hydrogens is 328 g/mol. The molecule has 0 spiro atoms. The van der Waals surface area contributed by atoms with Crippen LogP contribution in [-0.2, 0) is 0 Å². The lowest BCUT2D eigenvalue weighted by Crippen LogP contribution is -2.12. The van der Waals surface area contributed by atoms with Crippen LogP contribution in [0.3, 0.4) is 0 Å². The van der Waals surface area contributed by atoms with Gasteiger partial charge in [-0.05, 0) is 30.7 Å². The van der Waals surface area contributed by atoms with Crippen molar-refractivity contribution in [2.24, 2.45) is 0 Å². The SMILES string of the molecule is C=CCOc1ccccc1OC(=O)c1ccccc1OCCCCCC. The maximum absolute atomic E-state index is 12.6. The van der Waals surface area contributed by atoms with Gasteiger partial charge in [-0.15, -0.1) is 0 Å². The van der Waals surface area contributed by atoms with Crippen molar-refractivity contribution < 1.29 is 19.0 Å². The minimum atomic E-state index is -0.469. The van der Waals surface area contributed by atoms with Gasteiger partial charge in [-0.25, -0.2) is 4.79 Å². The van der Waals surface area contributed by atoms with Gasteiger partial charge in [0.1, 0.15) is 17.9 Å². The summed E-state index contributed by atoms with van der Waals surface area (Å²) in [4.78, 5) is 12.6. The number of carbonyl (C=O) groups is 1. The van der Waals surface area contributed by atoms with Crippen molar-refractivity contribution in [2.45, 2.75) is 32.6 Å². The summed E-state index contributed by atoms with van der Waals surface area (Å²) in [5.41, 5.74) is 0.404. The predicted molar refractivity (Wildman–Crippen MR) is 103 cm³/mol. The van der Waals surface area contributed by atoms with Gasteiger partial charge >= 0.3 is 5.97 Å². The fourth-order valence-electron chi connectivity index (χ4n) is 2.43. The van der Waals surface area contributed by atoms with E-state index in [0.29, 0.717) is 36.0 Å². The van der Waals surface area contributed by atoms with Gasteiger partial charge in [-0.2, -0.15) is 0 Å². The van der Waals surface area contributed by atoms with Crippen LogP contribution in [0, 0.1) is 0 Å². The molecule has 0 radical (unpaired) electrons. The monoisotopic (exact) mass is 354 g/mol. The first-order valence-electron chi connectivity index (χ1n) is 9.03. The molecule has 26 heavy (non-hydrogen) atoms. The van der Waals surface area contributed by atoms with Crippen molar-refractivity contribution in [2.75, 3.05) is 13.2 Å². The summed E-state index contributed by atoms with van der Waals surface area (Å²) in [5, 5.41) is 0. The van der Waals surface area contributed by atoms with Gasteiger partial charge in [0, 0.05) is 0 Å². The molecule has 4 nitrogen and oxygen atoms in total. The average molecular weight is 354 g/mol. The summed E-state index contributed by atoms with van der Waals surface area (Å²) >= 11 is 0. The second kappa shape index (κ2) is 11.0. The number of unbranched alkanes of at least 4 members (excludes halogenated alkanes) is 3. The van der Waals surface area contributed by atoms with Crippen LogP contribution in [0.1, 0.15) is 43.0 Å². The summed E-state index contributed by atoms with van der Waals surface area (Å²) in [5.74, 6) is 0.943. The number of benzene rings is 2. The highest BCUT2D eigenvalue weighted by molar-refractivity contribution is 5.94. The van der Waals surface area contributed by atoms with Crippen molar-refractivity contribution in [3.05, 3.63) is 66.7 Å². The minimum Gasteiger partial charge on any atom is -0.493 e. The lowest BCUT2D eigenvalue weighted by molar-refractivity contribution is 0.0724. The Hall–Kier alpha value is -2.75. The van der Waals surface area contributed by atoms with Crippen LogP contribution in [-0.4, -0.2) is 19.2 Å². The Bertz CT molecular complexity index is 709. The van der Waals surface area contributed by atoms with Crippen molar-refractivity contribution in [1.82, 2.24) is 0 Å². The molecule has 2 aromatic carbocycles. The Morgan fingerprint density at radius 2 is 1.62 bits per heavy atom. The van der Waals surface area contributed by atoms with E-state index in [0.717, 1.165) is 12.8 Å². The highest BCUT2D eigenvalue weighted by Gasteiger charge is 2.16. The Kier molecular flexibility index (Phi) is 8.27. The van der Waals surface area contributed by atoms with Crippen molar-refractivity contribution in [1.29, 1.82) is 0 Å². The molecule has 0 amide bonds. The summed E-state index contributed by atoms with van der Waals surface area (Å²) in [7, 11) is 0. The molecule has 0 heterocycles. The molecule has 0 saturated heterocycles. The van der Waals surface area contributed by atoms with Crippen LogP contribution in [0.25, 0.3) is 0 Å². The van der Waals surface area contributed by atoms with Gasteiger partial charge in [-0.1, -0.05) is 63.1 Å². The molecule has 0 aliphatic heterocycles. The Morgan fingerprint density at radius 3 is 2.35 bits per heavy atom. The third kappa shape index (κ3) is 5.96. The fraction of sp³-hybridized carbons (Fsp3) is 0.318. The number of para-hydroxylation sites is 3. The zero-order valence-corrected chi connectivity index (χ0v) is 15.3. The van der Waals surface area contributed by atoms with Gasteiger partial charge in [0.2, 0.25) is 0 Å². The molecule has 138 valence electrons. The molecule has 4 heteroatoms. The molecule has 0 aliphatic carbocycles. The Morgan fingerprint density at radius 1 is 0.923 bits per heavy atom. The van der Waals surface area contributed by atoms with Crippen LogP contribution in [0.2, 0.25) is 0 Å².